The molecule has 0 atom stereocenters. The van der Waals surface area contributed by atoms with E-state index < -0.39 is 0 Å². The van der Waals surface area contributed by atoms with E-state index in [2.05, 4.69) is 4.98 Å². The number of oxazole rings is 1. The fourth-order valence-corrected chi connectivity index (χ4v) is 1.89. The lowest BCUT2D eigenvalue weighted by molar-refractivity contribution is 0.443. The molecule has 14 heavy (non-hydrogen) atoms. The molecule has 0 saturated carbocycles. The summed E-state index contributed by atoms with van der Waals surface area (Å²) >= 11 is 1.58. The highest BCUT2D eigenvalue weighted by atomic mass is 32.2. The van der Waals surface area contributed by atoms with Crippen molar-refractivity contribution in [2.24, 2.45) is 0 Å². The van der Waals surface area contributed by atoms with Crippen molar-refractivity contribution < 1.29 is 4.42 Å². The van der Waals surface area contributed by atoms with Gasteiger partial charge >= 0.3 is 0 Å². The van der Waals surface area contributed by atoms with Crippen LogP contribution in [-0.2, 0) is 0 Å². The van der Waals surface area contributed by atoms with Gasteiger partial charge in [0, 0.05) is 12.5 Å². The molecule has 0 saturated heterocycles. The van der Waals surface area contributed by atoms with Gasteiger partial charge in [0.25, 0.3) is 0 Å². The summed E-state index contributed by atoms with van der Waals surface area (Å²) in [6.45, 7) is 1.87. The molecule has 1 aromatic carbocycles. The molecule has 0 fully saturated rings. The Morgan fingerprint density at radius 1 is 1.21 bits per heavy atom. The molecule has 1 heterocycles. The SMILES string of the molecule is CSc1oc(C)nc1-c1ccccc1. The zero-order valence-corrected chi connectivity index (χ0v) is 8.97. The first kappa shape index (κ1) is 9.34. The van der Waals surface area contributed by atoms with E-state index >= 15 is 0 Å². The van der Waals surface area contributed by atoms with Crippen LogP contribution in [0.15, 0.2) is 39.8 Å². The van der Waals surface area contributed by atoms with Crippen LogP contribution in [0.2, 0.25) is 0 Å². The topological polar surface area (TPSA) is 26.0 Å². The molecule has 3 heteroatoms. The minimum absolute atomic E-state index is 0.716. The van der Waals surface area contributed by atoms with E-state index in [0.717, 1.165) is 16.3 Å². The summed E-state index contributed by atoms with van der Waals surface area (Å²) in [5.74, 6) is 0.716. The molecular formula is C11H11NOS. The van der Waals surface area contributed by atoms with Crippen LogP contribution in [-0.4, -0.2) is 11.2 Å². The van der Waals surface area contributed by atoms with Crippen LogP contribution in [0, 0.1) is 6.92 Å². The molecule has 0 aliphatic carbocycles. The lowest BCUT2D eigenvalue weighted by Crippen LogP contribution is -1.78. The van der Waals surface area contributed by atoms with Crippen LogP contribution in [0.1, 0.15) is 5.89 Å². The van der Waals surface area contributed by atoms with Gasteiger partial charge in [-0.25, -0.2) is 4.98 Å². The van der Waals surface area contributed by atoms with Crippen molar-refractivity contribution in [1.82, 2.24) is 4.98 Å². The zero-order valence-electron chi connectivity index (χ0n) is 8.15. The Hall–Kier alpha value is -1.22. The van der Waals surface area contributed by atoms with E-state index in [9.17, 15) is 0 Å². The molecule has 0 N–H and O–H groups in total. The number of hydrogen-bond acceptors (Lipinski definition) is 3. The first-order valence-corrected chi connectivity index (χ1v) is 5.60. The number of hydrogen-bond donors (Lipinski definition) is 0. The molecule has 0 radical (unpaired) electrons. The molecule has 0 unspecified atom stereocenters. The van der Waals surface area contributed by atoms with Gasteiger partial charge in [-0.1, -0.05) is 42.1 Å². The summed E-state index contributed by atoms with van der Waals surface area (Å²) in [6, 6.07) is 10.1. The van der Waals surface area contributed by atoms with E-state index in [-0.39, 0.29) is 0 Å². The van der Waals surface area contributed by atoms with Crippen molar-refractivity contribution in [3.63, 3.8) is 0 Å². The first-order chi connectivity index (χ1) is 6.81. The molecule has 2 nitrogen and oxygen atoms in total. The quantitative estimate of drug-likeness (QED) is 0.703. The zero-order chi connectivity index (χ0) is 9.97. The number of aromatic nitrogens is 1. The summed E-state index contributed by atoms with van der Waals surface area (Å²) < 4.78 is 5.47. The lowest BCUT2D eigenvalue weighted by Gasteiger charge is -1.96. The standard InChI is InChI=1S/C11H11NOS/c1-8-12-10(11(13-8)14-2)9-6-4-3-5-7-9/h3-7H,1-2H3. The van der Waals surface area contributed by atoms with Gasteiger partial charge < -0.3 is 4.42 Å². The van der Waals surface area contributed by atoms with Gasteiger partial charge in [-0.05, 0) is 6.26 Å². The van der Waals surface area contributed by atoms with Crippen LogP contribution < -0.4 is 0 Å². The minimum Gasteiger partial charge on any atom is -0.434 e. The second kappa shape index (κ2) is 3.88. The maximum Gasteiger partial charge on any atom is 0.193 e. The first-order valence-electron chi connectivity index (χ1n) is 4.38. The van der Waals surface area contributed by atoms with Crippen molar-refractivity contribution in [2.45, 2.75) is 12.0 Å². The van der Waals surface area contributed by atoms with Crippen LogP contribution in [0.5, 0.6) is 0 Å². The van der Waals surface area contributed by atoms with Gasteiger partial charge in [-0.2, -0.15) is 0 Å². The van der Waals surface area contributed by atoms with Crippen molar-refractivity contribution >= 4 is 11.8 Å². The lowest BCUT2D eigenvalue weighted by atomic mass is 10.2. The van der Waals surface area contributed by atoms with E-state index in [1.54, 1.807) is 11.8 Å². The maximum absolute atomic E-state index is 5.47. The second-order valence-electron chi connectivity index (χ2n) is 2.94. The highest BCUT2D eigenvalue weighted by molar-refractivity contribution is 7.98. The van der Waals surface area contributed by atoms with Crippen LogP contribution >= 0.6 is 11.8 Å². The highest BCUT2D eigenvalue weighted by Crippen LogP contribution is 2.29. The fourth-order valence-electron chi connectivity index (χ4n) is 1.33. The summed E-state index contributed by atoms with van der Waals surface area (Å²) in [5.41, 5.74) is 2.05. The van der Waals surface area contributed by atoms with Crippen molar-refractivity contribution in [3.05, 3.63) is 36.2 Å². The normalized spacial score (nSPS) is 10.4. The number of benzene rings is 1. The molecule has 0 amide bonds. The number of nitrogens with zero attached hydrogens (tertiary/aromatic N) is 1. The van der Waals surface area contributed by atoms with Gasteiger partial charge in [0.2, 0.25) is 0 Å². The molecule has 0 spiro atoms. The van der Waals surface area contributed by atoms with E-state index in [1.165, 1.54) is 0 Å². The second-order valence-corrected chi connectivity index (χ2v) is 3.72. The third kappa shape index (κ3) is 1.68. The van der Waals surface area contributed by atoms with Crippen molar-refractivity contribution in [2.75, 3.05) is 6.26 Å². The summed E-state index contributed by atoms with van der Waals surface area (Å²) in [7, 11) is 0. The smallest absolute Gasteiger partial charge is 0.193 e. The molecule has 2 aromatic rings. The maximum atomic E-state index is 5.47. The van der Waals surface area contributed by atoms with Gasteiger partial charge in [-0.3, -0.25) is 0 Å². The van der Waals surface area contributed by atoms with Gasteiger partial charge in [0.05, 0.1) is 0 Å². The average Bonchev–Trinajstić information content (AvgIpc) is 2.61. The molecule has 0 aliphatic rings. The molecule has 0 aliphatic heterocycles. The summed E-state index contributed by atoms with van der Waals surface area (Å²) in [5, 5.41) is 0.883. The van der Waals surface area contributed by atoms with Gasteiger partial charge in [-0.15, -0.1) is 0 Å². The van der Waals surface area contributed by atoms with E-state index in [0.29, 0.717) is 5.89 Å². The summed E-state index contributed by atoms with van der Waals surface area (Å²) in [4.78, 5) is 4.36. The molecule has 72 valence electrons. The van der Waals surface area contributed by atoms with Crippen LogP contribution in [0.3, 0.4) is 0 Å². The van der Waals surface area contributed by atoms with Crippen molar-refractivity contribution in [3.8, 4) is 11.3 Å². The molecular weight excluding hydrogens is 194 g/mol. The molecule has 0 bridgehead atoms. The predicted octanol–water partition coefficient (Wildman–Crippen LogP) is 3.37. The minimum atomic E-state index is 0.716. The van der Waals surface area contributed by atoms with E-state index in [1.807, 2.05) is 43.5 Å². The number of thioether (sulfide) groups is 1. The monoisotopic (exact) mass is 205 g/mol. The van der Waals surface area contributed by atoms with Gasteiger partial charge in [0.1, 0.15) is 5.69 Å². The third-order valence-corrected chi connectivity index (χ3v) is 2.58. The Labute approximate surface area is 87.4 Å². The largest absolute Gasteiger partial charge is 0.434 e. The Morgan fingerprint density at radius 2 is 1.93 bits per heavy atom. The number of aryl methyl sites for hydroxylation is 1. The Bertz CT molecular complexity index is 422. The Balaban J connectivity index is 2.51. The molecule has 2 rings (SSSR count). The van der Waals surface area contributed by atoms with E-state index in [4.69, 9.17) is 4.42 Å². The van der Waals surface area contributed by atoms with Crippen LogP contribution in [0.4, 0.5) is 0 Å². The predicted molar refractivity (Wildman–Crippen MR) is 58.5 cm³/mol. The van der Waals surface area contributed by atoms with Crippen LogP contribution in [0.25, 0.3) is 11.3 Å². The molecule has 1 aromatic heterocycles. The fraction of sp³-hybridized carbons (Fsp3) is 0.182. The Kier molecular flexibility index (Phi) is 2.59. The third-order valence-electron chi connectivity index (χ3n) is 1.94. The van der Waals surface area contributed by atoms with Crippen molar-refractivity contribution in [1.29, 1.82) is 0 Å². The van der Waals surface area contributed by atoms with Gasteiger partial charge in [0.15, 0.2) is 11.0 Å². The number of rotatable bonds is 2. The highest BCUT2D eigenvalue weighted by Gasteiger charge is 2.10. The average molecular weight is 205 g/mol. The Morgan fingerprint density at radius 3 is 2.57 bits per heavy atom. The summed E-state index contributed by atoms with van der Waals surface area (Å²) in [6.07, 6.45) is 1.99.